The fourth-order valence-corrected chi connectivity index (χ4v) is 2.22. The van der Waals surface area contributed by atoms with E-state index in [1.54, 1.807) is 0 Å². The van der Waals surface area contributed by atoms with E-state index in [0.29, 0.717) is 6.04 Å². The van der Waals surface area contributed by atoms with E-state index in [1.807, 2.05) is 21.5 Å². The maximum atomic E-state index is 12.0. The summed E-state index contributed by atoms with van der Waals surface area (Å²) in [7, 11) is 0. The molecule has 0 aliphatic heterocycles. The van der Waals surface area contributed by atoms with E-state index in [-0.39, 0.29) is 11.1 Å². The van der Waals surface area contributed by atoms with Crippen LogP contribution in [0.4, 0.5) is 0 Å². The lowest BCUT2D eigenvalue weighted by atomic mass is 9.87. The van der Waals surface area contributed by atoms with Crippen LogP contribution in [0.5, 0.6) is 0 Å². The molecule has 0 unspecified atom stereocenters. The van der Waals surface area contributed by atoms with Gasteiger partial charge in [0.2, 0.25) is 0 Å². The molecule has 4 heteroatoms. The Kier molecular flexibility index (Phi) is 3.95. The van der Waals surface area contributed by atoms with Gasteiger partial charge in [0.25, 0.3) is 0 Å². The molecular weight excluding hydrogens is 226 g/mol. The Hall–Kier alpha value is -1.03. The first-order chi connectivity index (χ1) is 8.53. The zero-order valence-electron chi connectivity index (χ0n) is 11.6. The van der Waals surface area contributed by atoms with Crippen LogP contribution < -0.4 is 11.4 Å². The minimum absolute atomic E-state index is 0.163. The Morgan fingerprint density at radius 3 is 2.67 bits per heavy atom. The summed E-state index contributed by atoms with van der Waals surface area (Å²) in [6, 6.07) is 0.481. The van der Waals surface area contributed by atoms with Crippen molar-refractivity contribution in [1.29, 1.82) is 0 Å². The van der Waals surface area contributed by atoms with Crippen molar-refractivity contribution in [2.24, 2.45) is 11.1 Å². The smallest absolute Gasteiger partial charge is 0.328 e. The predicted octanol–water partition coefficient (Wildman–Crippen LogP) is 2.14. The number of aryl methyl sites for hydroxylation is 1. The minimum atomic E-state index is 0.163. The molecule has 1 fully saturated rings. The first-order valence-electron chi connectivity index (χ1n) is 7.01. The third-order valence-electron chi connectivity index (χ3n) is 3.87. The summed E-state index contributed by atoms with van der Waals surface area (Å²) >= 11 is 0. The van der Waals surface area contributed by atoms with Crippen molar-refractivity contribution in [2.45, 2.75) is 58.5 Å². The molecule has 1 saturated carbocycles. The highest BCUT2D eigenvalue weighted by molar-refractivity contribution is 4.91. The summed E-state index contributed by atoms with van der Waals surface area (Å²) in [4.78, 5) is 12.0. The van der Waals surface area contributed by atoms with Gasteiger partial charge in [0, 0.05) is 25.0 Å². The quantitative estimate of drug-likeness (QED) is 0.755. The van der Waals surface area contributed by atoms with Gasteiger partial charge in [0.1, 0.15) is 0 Å². The average Bonchev–Trinajstić information content (AvgIpc) is 3.11. The van der Waals surface area contributed by atoms with Crippen LogP contribution >= 0.6 is 0 Å². The fraction of sp³-hybridized carbons (Fsp3) is 0.786. The molecule has 0 aromatic carbocycles. The van der Waals surface area contributed by atoms with Crippen LogP contribution in [0.15, 0.2) is 17.2 Å². The highest BCUT2D eigenvalue weighted by Crippen LogP contribution is 2.33. The number of unbranched alkanes of at least 4 members (excludes halogenated alkanes) is 1. The van der Waals surface area contributed by atoms with Crippen LogP contribution in [-0.4, -0.2) is 15.7 Å². The second kappa shape index (κ2) is 5.31. The molecular formula is C14H25N3O. The summed E-state index contributed by atoms with van der Waals surface area (Å²) in [6.45, 7) is 5.95. The van der Waals surface area contributed by atoms with Gasteiger partial charge in [-0.05, 0) is 37.6 Å². The maximum absolute atomic E-state index is 12.0. The number of imidazole rings is 1. The van der Waals surface area contributed by atoms with E-state index in [9.17, 15) is 4.79 Å². The Balaban J connectivity index is 1.78. The molecule has 0 saturated heterocycles. The lowest BCUT2D eigenvalue weighted by Crippen LogP contribution is -2.25. The molecule has 0 bridgehead atoms. The molecule has 0 spiro atoms. The third kappa shape index (κ3) is 3.25. The fourth-order valence-electron chi connectivity index (χ4n) is 2.22. The summed E-state index contributed by atoms with van der Waals surface area (Å²) in [5.41, 5.74) is 6.10. The van der Waals surface area contributed by atoms with Crippen LogP contribution in [0.2, 0.25) is 0 Å². The minimum Gasteiger partial charge on any atom is -0.330 e. The molecule has 2 rings (SSSR count). The highest BCUT2D eigenvalue weighted by atomic mass is 16.1. The molecule has 1 aliphatic rings. The van der Waals surface area contributed by atoms with E-state index >= 15 is 0 Å². The van der Waals surface area contributed by atoms with Gasteiger partial charge in [-0.1, -0.05) is 20.3 Å². The van der Waals surface area contributed by atoms with Crippen LogP contribution in [0.3, 0.4) is 0 Å². The van der Waals surface area contributed by atoms with Crippen LogP contribution in [0, 0.1) is 5.41 Å². The number of hydrogen-bond acceptors (Lipinski definition) is 2. The molecule has 18 heavy (non-hydrogen) atoms. The van der Waals surface area contributed by atoms with Gasteiger partial charge in [0.15, 0.2) is 0 Å². The van der Waals surface area contributed by atoms with Crippen LogP contribution in [0.1, 0.15) is 52.0 Å². The standard InChI is InChI=1S/C14H25N3O/c1-14(2,11-15)7-3-4-8-16-9-10-17(13(16)18)12-5-6-12/h9-10,12H,3-8,11,15H2,1-2H3. The Bertz CT molecular complexity index is 440. The van der Waals surface area contributed by atoms with Crippen molar-refractivity contribution in [3.05, 3.63) is 22.9 Å². The summed E-state index contributed by atoms with van der Waals surface area (Å²) in [6.07, 6.45) is 9.49. The average molecular weight is 251 g/mol. The Morgan fingerprint density at radius 2 is 2.06 bits per heavy atom. The molecule has 4 nitrogen and oxygen atoms in total. The SMILES string of the molecule is CC(C)(CN)CCCCn1ccn(C2CC2)c1=O. The van der Waals surface area contributed by atoms with Crippen molar-refractivity contribution in [2.75, 3.05) is 6.54 Å². The second-order valence-corrected chi connectivity index (χ2v) is 6.24. The zero-order chi connectivity index (χ0) is 13.2. The van der Waals surface area contributed by atoms with Crippen LogP contribution in [-0.2, 0) is 6.54 Å². The largest absolute Gasteiger partial charge is 0.330 e. The monoisotopic (exact) mass is 251 g/mol. The summed E-state index contributed by atoms with van der Waals surface area (Å²) in [5.74, 6) is 0. The number of nitrogens with zero attached hydrogens (tertiary/aromatic N) is 2. The first kappa shape index (κ1) is 13.4. The molecule has 0 radical (unpaired) electrons. The lowest BCUT2D eigenvalue weighted by Gasteiger charge is -2.21. The second-order valence-electron chi connectivity index (χ2n) is 6.24. The van der Waals surface area contributed by atoms with E-state index in [0.717, 1.165) is 45.2 Å². The van der Waals surface area contributed by atoms with Gasteiger partial charge in [0.05, 0.1) is 0 Å². The van der Waals surface area contributed by atoms with E-state index in [1.165, 1.54) is 0 Å². The van der Waals surface area contributed by atoms with Crippen molar-refractivity contribution in [1.82, 2.24) is 9.13 Å². The normalized spacial score (nSPS) is 16.2. The van der Waals surface area contributed by atoms with Gasteiger partial charge in [-0.15, -0.1) is 0 Å². The van der Waals surface area contributed by atoms with Crippen molar-refractivity contribution < 1.29 is 0 Å². The lowest BCUT2D eigenvalue weighted by molar-refractivity contribution is 0.328. The molecule has 2 N–H and O–H groups in total. The summed E-state index contributed by atoms with van der Waals surface area (Å²) in [5, 5.41) is 0. The van der Waals surface area contributed by atoms with Crippen molar-refractivity contribution >= 4 is 0 Å². The molecule has 102 valence electrons. The molecule has 1 heterocycles. The van der Waals surface area contributed by atoms with Gasteiger partial charge in [-0.25, -0.2) is 4.79 Å². The van der Waals surface area contributed by atoms with Crippen molar-refractivity contribution in [3.63, 3.8) is 0 Å². The number of aromatic nitrogens is 2. The number of hydrogen-bond donors (Lipinski definition) is 1. The number of rotatable bonds is 7. The van der Waals surface area contributed by atoms with Gasteiger partial charge < -0.3 is 5.73 Å². The molecule has 0 atom stereocenters. The predicted molar refractivity (Wildman–Crippen MR) is 73.6 cm³/mol. The van der Waals surface area contributed by atoms with E-state index in [2.05, 4.69) is 13.8 Å². The van der Waals surface area contributed by atoms with E-state index in [4.69, 9.17) is 5.73 Å². The Labute approximate surface area is 109 Å². The molecule has 1 aromatic rings. The van der Waals surface area contributed by atoms with Gasteiger partial charge in [-0.2, -0.15) is 0 Å². The van der Waals surface area contributed by atoms with Gasteiger partial charge in [-0.3, -0.25) is 9.13 Å². The molecule has 0 amide bonds. The third-order valence-corrected chi connectivity index (χ3v) is 3.87. The maximum Gasteiger partial charge on any atom is 0.328 e. The Morgan fingerprint density at radius 1 is 1.33 bits per heavy atom. The highest BCUT2D eigenvalue weighted by Gasteiger charge is 2.25. The van der Waals surface area contributed by atoms with Crippen LogP contribution in [0.25, 0.3) is 0 Å². The number of nitrogens with two attached hydrogens (primary N) is 1. The van der Waals surface area contributed by atoms with Crippen molar-refractivity contribution in [3.8, 4) is 0 Å². The van der Waals surface area contributed by atoms with Gasteiger partial charge >= 0.3 is 5.69 Å². The van der Waals surface area contributed by atoms with E-state index < -0.39 is 0 Å². The zero-order valence-corrected chi connectivity index (χ0v) is 11.6. The molecule has 1 aliphatic carbocycles. The molecule has 1 aromatic heterocycles. The first-order valence-corrected chi connectivity index (χ1v) is 7.01. The topological polar surface area (TPSA) is 52.9 Å². The summed E-state index contributed by atoms with van der Waals surface area (Å²) < 4.78 is 3.72.